The Bertz CT molecular complexity index is 743. The Hall–Kier alpha value is -2.89. The molecular formula is C20H25N3O3. The number of carbonyl (C=O) groups excluding carboxylic acids is 1. The van der Waals surface area contributed by atoms with Crippen LogP contribution < -0.4 is 19.7 Å². The number of rotatable bonds is 5. The maximum absolute atomic E-state index is 12.6. The third-order valence-electron chi connectivity index (χ3n) is 4.42. The molecule has 0 unspecified atom stereocenters. The monoisotopic (exact) mass is 355 g/mol. The van der Waals surface area contributed by atoms with E-state index in [0.717, 1.165) is 24.5 Å². The van der Waals surface area contributed by atoms with Crippen LogP contribution in [0.2, 0.25) is 0 Å². The predicted octanol–water partition coefficient (Wildman–Crippen LogP) is 3.45. The molecule has 0 radical (unpaired) electrons. The Labute approximate surface area is 154 Å². The minimum Gasteiger partial charge on any atom is -0.495 e. The van der Waals surface area contributed by atoms with Gasteiger partial charge in [-0.3, -0.25) is 0 Å². The third kappa shape index (κ3) is 4.02. The summed E-state index contributed by atoms with van der Waals surface area (Å²) < 4.78 is 11.0. The highest BCUT2D eigenvalue weighted by molar-refractivity contribution is 5.91. The van der Waals surface area contributed by atoms with E-state index >= 15 is 0 Å². The highest BCUT2D eigenvalue weighted by Crippen LogP contribution is 2.29. The fourth-order valence-corrected chi connectivity index (χ4v) is 3.09. The van der Waals surface area contributed by atoms with Gasteiger partial charge in [0.15, 0.2) is 0 Å². The molecule has 1 aliphatic heterocycles. The van der Waals surface area contributed by atoms with Crippen LogP contribution in [-0.4, -0.2) is 50.8 Å². The van der Waals surface area contributed by atoms with Gasteiger partial charge >= 0.3 is 6.03 Å². The van der Waals surface area contributed by atoms with Crippen LogP contribution in [0.15, 0.2) is 48.5 Å². The SMILES string of the molecule is CCOc1ccccc1NC(=O)N1CCN(c2ccccc2OC)CC1. The molecule has 2 aromatic carbocycles. The molecule has 26 heavy (non-hydrogen) atoms. The summed E-state index contributed by atoms with van der Waals surface area (Å²) in [6.45, 7) is 5.32. The van der Waals surface area contributed by atoms with Gasteiger partial charge in [0, 0.05) is 26.2 Å². The van der Waals surface area contributed by atoms with Crippen molar-refractivity contribution in [3.8, 4) is 11.5 Å². The number of para-hydroxylation sites is 4. The summed E-state index contributed by atoms with van der Waals surface area (Å²) in [6.07, 6.45) is 0. The number of nitrogens with one attached hydrogen (secondary N) is 1. The van der Waals surface area contributed by atoms with Gasteiger partial charge in [0.25, 0.3) is 0 Å². The lowest BCUT2D eigenvalue weighted by atomic mass is 10.2. The quantitative estimate of drug-likeness (QED) is 0.893. The molecule has 1 N–H and O–H groups in total. The van der Waals surface area contributed by atoms with E-state index in [1.165, 1.54) is 0 Å². The van der Waals surface area contributed by atoms with E-state index in [2.05, 4.69) is 10.2 Å². The van der Waals surface area contributed by atoms with Crippen LogP contribution in [0.4, 0.5) is 16.2 Å². The van der Waals surface area contributed by atoms with E-state index < -0.39 is 0 Å². The van der Waals surface area contributed by atoms with Crippen molar-refractivity contribution in [3.63, 3.8) is 0 Å². The number of nitrogens with zero attached hydrogens (tertiary/aromatic N) is 2. The van der Waals surface area contributed by atoms with Crippen molar-refractivity contribution in [1.82, 2.24) is 4.90 Å². The van der Waals surface area contributed by atoms with Crippen LogP contribution in [0.5, 0.6) is 11.5 Å². The van der Waals surface area contributed by atoms with Crippen LogP contribution in [0.3, 0.4) is 0 Å². The number of hydrogen-bond acceptors (Lipinski definition) is 4. The van der Waals surface area contributed by atoms with Gasteiger partial charge in [0.05, 0.1) is 25.1 Å². The first-order valence-electron chi connectivity index (χ1n) is 8.88. The van der Waals surface area contributed by atoms with Gasteiger partial charge in [-0.05, 0) is 31.2 Å². The number of amides is 2. The fraction of sp³-hybridized carbons (Fsp3) is 0.350. The first-order chi connectivity index (χ1) is 12.7. The lowest BCUT2D eigenvalue weighted by Gasteiger charge is -2.36. The summed E-state index contributed by atoms with van der Waals surface area (Å²) in [5, 5.41) is 2.96. The Kier molecular flexibility index (Phi) is 5.84. The van der Waals surface area contributed by atoms with Crippen molar-refractivity contribution in [3.05, 3.63) is 48.5 Å². The summed E-state index contributed by atoms with van der Waals surface area (Å²) >= 11 is 0. The number of anilines is 2. The van der Waals surface area contributed by atoms with Gasteiger partial charge in [-0.1, -0.05) is 24.3 Å². The number of methoxy groups -OCH3 is 1. The molecule has 1 fully saturated rings. The van der Waals surface area contributed by atoms with Crippen molar-refractivity contribution >= 4 is 17.4 Å². The predicted molar refractivity (Wildman–Crippen MR) is 103 cm³/mol. The first kappa shape index (κ1) is 17.9. The second-order valence-corrected chi connectivity index (χ2v) is 6.01. The number of hydrogen-bond donors (Lipinski definition) is 1. The van der Waals surface area contributed by atoms with E-state index in [-0.39, 0.29) is 6.03 Å². The van der Waals surface area contributed by atoms with Gasteiger partial charge in [-0.25, -0.2) is 4.79 Å². The topological polar surface area (TPSA) is 54.0 Å². The largest absolute Gasteiger partial charge is 0.495 e. The zero-order valence-electron chi connectivity index (χ0n) is 15.3. The molecule has 0 bridgehead atoms. The smallest absolute Gasteiger partial charge is 0.322 e. The zero-order valence-corrected chi connectivity index (χ0v) is 15.3. The summed E-state index contributed by atoms with van der Waals surface area (Å²) in [5.41, 5.74) is 1.77. The number of carbonyl (C=O) groups is 1. The Morgan fingerprint density at radius 2 is 1.65 bits per heavy atom. The van der Waals surface area contributed by atoms with Crippen molar-refractivity contribution < 1.29 is 14.3 Å². The minimum absolute atomic E-state index is 0.100. The normalized spacial score (nSPS) is 14.1. The van der Waals surface area contributed by atoms with Crippen molar-refractivity contribution in [2.75, 3.05) is 50.1 Å². The molecule has 138 valence electrons. The summed E-state index contributed by atoms with van der Waals surface area (Å²) in [5.74, 6) is 1.55. The average Bonchev–Trinajstić information content (AvgIpc) is 2.69. The van der Waals surface area contributed by atoms with Crippen LogP contribution in [0.25, 0.3) is 0 Å². The van der Waals surface area contributed by atoms with E-state index in [0.29, 0.717) is 31.1 Å². The van der Waals surface area contributed by atoms with Gasteiger partial charge in [0.2, 0.25) is 0 Å². The highest BCUT2D eigenvalue weighted by Gasteiger charge is 2.23. The lowest BCUT2D eigenvalue weighted by molar-refractivity contribution is 0.208. The molecule has 6 nitrogen and oxygen atoms in total. The van der Waals surface area contributed by atoms with E-state index in [4.69, 9.17) is 9.47 Å². The highest BCUT2D eigenvalue weighted by atomic mass is 16.5. The van der Waals surface area contributed by atoms with Crippen LogP contribution in [-0.2, 0) is 0 Å². The summed E-state index contributed by atoms with van der Waals surface area (Å²) in [6, 6.07) is 15.4. The Balaban J connectivity index is 1.60. The number of benzene rings is 2. The van der Waals surface area contributed by atoms with Crippen molar-refractivity contribution in [1.29, 1.82) is 0 Å². The molecule has 0 aliphatic carbocycles. The molecule has 0 saturated carbocycles. The Morgan fingerprint density at radius 3 is 2.35 bits per heavy atom. The number of ether oxygens (including phenoxy) is 2. The zero-order chi connectivity index (χ0) is 18.4. The molecule has 0 aromatic heterocycles. The van der Waals surface area contributed by atoms with Crippen LogP contribution in [0, 0.1) is 0 Å². The number of piperazine rings is 1. The third-order valence-corrected chi connectivity index (χ3v) is 4.42. The van der Waals surface area contributed by atoms with Gasteiger partial charge in [-0.2, -0.15) is 0 Å². The molecule has 2 aromatic rings. The van der Waals surface area contributed by atoms with E-state index in [9.17, 15) is 4.79 Å². The average molecular weight is 355 g/mol. The van der Waals surface area contributed by atoms with Crippen LogP contribution in [0.1, 0.15) is 6.92 Å². The second-order valence-electron chi connectivity index (χ2n) is 6.01. The molecule has 0 spiro atoms. The van der Waals surface area contributed by atoms with E-state index in [1.807, 2.05) is 60.4 Å². The standard InChI is InChI=1S/C20H25N3O3/c1-3-26-18-10-6-4-8-16(18)21-20(24)23-14-12-22(13-15-23)17-9-5-7-11-19(17)25-2/h4-11H,3,12-15H2,1-2H3,(H,21,24). The van der Waals surface area contributed by atoms with Gasteiger partial charge in [-0.15, -0.1) is 0 Å². The summed E-state index contributed by atoms with van der Waals surface area (Å²) in [7, 11) is 1.68. The van der Waals surface area contributed by atoms with Crippen LogP contribution >= 0.6 is 0 Å². The molecule has 2 amide bonds. The molecule has 1 heterocycles. The second kappa shape index (κ2) is 8.47. The maximum Gasteiger partial charge on any atom is 0.322 e. The lowest BCUT2D eigenvalue weighted by Crippen LogP contribution is -2.50. The molecular weight excluding hydrogens is 330 g/mol. The van der Waals surface area contributed by atoms with Gasteiger partial charge in [0.1, 0.15) is 11.5 Å². The van der Waals surface area contributed by atoms with Gasteiger partial charge < -0.3 is 24.6 Å². The first-order valence-corrected chi connectivity index (χ1v) is 8.88. The Morgan fingerprint density at radius 1 is 1.00 bits per heavy atom. The number of urea groups is 1. The maximum atomic E-state index is 12.6. The molecule has 0 atom stereocenters. The molecule has 1 aliphatic rings. The summed E-state index contributed by atoms with van der Waals surface area (Å²) in [4.78, 5) is 16.7. The molecule has 1 saturated heterocycles. The molecule has 3 rings (SSSR count). The van der Waals surface area contributed by atoms with Crippen molar-refractivity contribution in [2.45, 2.75) is 6.92 Å². The fourth-order valence-electron chi connectivity index (χ4n) is 3.09. The van der Waals surface area contributed by atoms with Crippen molar-refractivity contribution in [2.24, 2.45) is 0 Å². The minimum atomic E-state index is -0.100. The molecule has 6 heteroatoms. The van der Waals surface area contributed by atoms with E-state index in [1.54, 1.807) is 7.11 Å².